The van der Waals surface area contributed by atoms with Gasteiger partial charge in [0.15, 0.2) is 0 Å². The molecular weight excluding hydrogens is 304 g/mol. The third-order valence-electron chi connectivity index (χ3n) is 4.00. The number of fused-ring (bicyclic) bond motifs is 1. The molecule has 0 atom stereocenters. The van der Waals surface area contributed by atoms with Crippen LogP contribution in [0.2, 0.25) is 0 Å². The van der Waals surface area contributed by atoms with Crippen LogP contribution in [0, 0.1) is 6.92 Å². The number of carbonyl (C=O) groups excluding carboxylic acids is 1. The van der Waals surface area contributed by atoms with Crippen molar-refractivity contribution in [3.63, 3.8) is 0 Å². The molecule has 5 nitrogen and oxygen atoms in total. The van der Waals surface area contributed by atoms with Gasteiger partial charge in [0.25, 0.3) is 11.5 Å². The molecule has 0 bridgehead atoms. The lowest BCUT2D eigenvalue weighted by Crippen LogP contribution is -2.21. The first-order valence-electron chi connectivity index (χ1n) is 7.56. The van der Waals surface area contributed by atoms with E-state index in [0.29, 0.717) is 22.5 Å². The lowest BCUT2D eigenvalue weighted by Gasteiger charge is -2.13. The molecular formula is C19H18N2O3. The molecule has 5 heteroatoms. The first kappa shape index (κ1) is 15.8. The quantitative estimate of drug-likeness (QED) is 0.806. The zero-order valence-corrected chi connectivity index (χ0v) is 13.8. The van der Waals surface area contributed by atoms with Crippen molar-refractivity contribution in [1.82, 2.24) is 4.57 Å². The Kier molecular flexibility index (Phi) is 4.08. The molecule has 3 aromatic rings. The van der Waals surface area contributed by atoms with Gasteiger partial charge in [-0.3, -0.25) is 9.59 Å². The molecule has 2 aromatic carbocycles. The van der Waals surface area contributed by atoms with Crippen molar-refractivity contribution in [1.29, 1.82) is 0 Å². The van der Waals surface area contributed by atoms with Gasteiger partial charge in [-0.05, 0) is 30.7 Å². The minimum absolute atomic E-state index is 0.227. The van der Waals surface area contributed by atoms with E-state index in [4.69, 9.17) is 4.74 Å². The Bertz CT molecular complexity index is 990. The highest BCUT2D eigenvalue weighted by atomic mass is 16.5. The topological polar surface area (TPSA) is 60.3 Å². The summed E-state index contributed by atoms with van der Waals surface area (Å²) in [5, 5.41) is 3.57. The van der Waals surface area contributed by atoms with Crippen LogP contribution in [0.1, 0.15) is 15.9 Å². The van der Waals surface area contributed by atoms with Gasteiger partial charge in [-0.2, -0.15) is 0 Å². The Labute approximate surface area is 139 Å². The number of anilines is 1. The summed E-state index contributed by atoms with van der Waals surface area (Å²) in [5.41, 5.74) is 2.41. The molecule has 3 rings (SSSR count). The van der Waals surface area contributed by atoms with E-state index in [-0.39, 0.29) is 11.5 Å². The van der Waals surface area contributed by atoms with Gasteiger partial charge in [0.05, 0.1) is 23.9 Å². The molecule has 0 fully saturated rings. The number of carbonyl (C=O) groups is 1. The first-order valence-corrected chi connectivity index (χ1v) is 7.56. The van der Waals surface area contributed by atoms with Crippen LogP contribution in [0.4, 0.5) is 5.69 Å². The molecule has 0 aliphatic rings. The Morgan fingerprint density at radius 3 is 2.62 bits per heavy atom. The number of pyridine rings is 1. The maximum atomic E-state index is 12.8. The number of para-hydroxylation sites is 1. The molecule has 0 aliphatic carbocycles. The summed E-state index contributed by atoms with van der Waals surface area (Å²) in [6.45, 7) is 1.93. The average Bonchev–Trinajstić information content (AvgIpc) is 2.58. The number of aryl methyl sites for hydroxylation is 2. The van der Waals surface area contributed by atoms with Crippen LogP contribution in [0.15, 0.2) is 53.3 Å². The van der Waals surface area contributed by atoms with Crippen molar-refractivity contribution in [2.45, 2.75) is 6.92 Å². The number of methoxy groups -OCH3 is 1. The van der Waals surface area contributed by atoms with Crippen molar-refractivity contribution in [3.8, 4) is 5.75 Å². The Morgan fingerprint density at radius 1 is 1.12 bits per heavy atom. The lowest BCUT2D eigenvalue weighted by molar-refractivity contribution is 0.102. The summed E-state index contributed by atoms with van der Waals surface area (Å²) in [6.07, 6.45) is 0. The number of nitrogens with one attached hydrogen (secondary N) is 1. The maximum Gasteiger partial charge on any atom is 0.256 e. The maximum absolute atomic E-state index is 12.8. The molecule has 0 unspecified atom stereocenters. The summed E-state index contributed by atoms with van der Waals surface area (Å²) >= 11 is 0. The predicted octanol–water partition coefficient (Wildman–Crippen LogP) is 3.11. The fourth-order valence-electron chi connectivity index (χ4n) is 2.71. The number of benzene rings is 2. The van der Waals surface area contributed by atoms with Crippen molar-refractivity contribution in [2.75, 3.05) is 12.4 Å². The van der Waals surface area contributed by atoms with Gasteiger partial charge in [-0.1, -0.05) is 24.3 Å². The van der Waals surface area contributed by atoms with E-state index >= 15 is 0 Å². The van der Waals surface area contributed by atoms with Gasteiger partial charge in [0.2, 0.25) is 0 Å². The highest BCUT2D eigenvalue weighted by Gasteiger charge is 2.15. The van der Waals surface area contributed by atoms with Crippen LogP contribution in [-0.4, -0.2) is 17.6 Å². The summed E-state index contributed by atoms with van der Waals surface area (Å²) in [7, 11) is 3.24. The molecule has 0 spiro atoms. The number of amides is 1. The second-order valence-corrected chi connectivity index (χ2v) is 5.63. The number of nitrogens with zero attached hydrogens (tertiary/aromatic N) is 1. The molecule has 1 amide bonds. The molecule has 0 radical (unpaired) electrons. The van der Waals surface area contributed by atoms with E-state index in [2.05, 4.69) is 5.32 Å². The fourth-order valence-corrected chi connectivity index (χ4v) is 2.71. The Balaban J connectivity index is 2.09. The minimum atomic E-state index is -0.340. The van der Waals surface area contributed by atoms with E-state index in [0.717, 1.165) is 10.9 Å². The summed E-state index contributed by atoms with van der Waals surface area (Å²) in [4.78, 5) is 24.9. The molecule has 1 aromatic heterocycles. The highest BCUT2D eigenvalue weighted by molar-refractivity contribution is 6.12. The molecule has 1 heterocycles. The predicted molar refractivity (Wildman–Crippen MR) is 94.9 cm³/mol. The van der Waals surface area contributed by atoms with Crippen LogP contribution in [0.5, 0.6) is 5.75 Å². The number of rotatable bonds is 3. The zero-order chi connectivity index (χ0) is 17.3. The standard InChI is InChI=1S/C19H18N2O3/c1-12-8-9-17(24-3)15(10-12)20-19(23)14-11-18(22)21(2)16-7-5-4-6-13(14)16/h4-11H,1-3H3,(H,20,23). The van der Waals surface area contributed by atoms with Crippen LogP contribution < -0.4 is 15.6 Å². The van der Waals surface area contributed by atoms with E-state index in [1.54, 1.807) is 20.2 Å². The van der Waals surface area contributed by atoms with Crippen LogP contribution >= 0.6 is 0 Å². The zero-order valence-electron chi connectivity index (χ0n) is 13.8. The minimum Gasteiger partial charge on any atom is -0.495 e. The van der Waals surface area contributed by atoms with Crippen molar-refractivity contribution in [3.05, 3.63) is 70.0 Å². The van der Waals surface area contributed by atoms with Gasteiger partial charge in [0.1, 0.15) is 5.75 Å². The van der Waals surface area contributed by atoms with Gasteiger partial charge >= 0.3 is 0 Å². The van der Waals surface area contributed by atoms with E-state index in [1.165, 1.54) is 10.6 Å². The normalized spacial score (nSPS) is 10.6. The summed E-state index contributed by atoms with van der Waals surface area (Å²) in [6, 6.07) is 14.2. The van der Waals surface area contributed by atoms with Crippen molar-refractivity contribution < 1.29 is 9.53 Å². The van der Waals surface area contributed by atoms with Gasteiger partial charge in [-0.25, -0.2) is 0 Å². The van der Waals surface area contributed by atoms with E-state index in [9.17, 15) is 9.59 Å². The molecule has 1 N–H and O–H groups in total. The molecule has 122 valence electrons. The fraction of sp³-hybridized carbons (Fsp3) is 0.158. The summed E-state index contributed by atoms with van der Waals surface area (Å²) in [5.74, 6) is 0.231. The SMILES string of the molecule is COc1ccc(C)cc1NC(=O)c1cc(=O)n(C)c2ccccc12. The summed E-state index contributed by atoms with van der Waals surface area (Å²) < 4.78 is 6.81. The Hall–Kier alpha value is -3.08. The third-order valence-corrected chi connectivity index (χ3v) is 4.00. The van der Waals surface area contributed by atoms with Crippen LogP contribution in [0.3, 0.4) is 0 Å². The highest BCUT2D eigenvalue weighted by Crippen LogP contribution is 2.26. The van der Waals surface area contributed by atoms with Gasteiger partial charge in [-0.15, -0.1) is 0 Å². The molecule has 24 heavy (non-hydrogen) atoms. The largest absolute Gasteiger partial charge is 0.495 e. The van der Waals surface area contributed by atoms with E-state index in [1.807, 2.05) is 43.3 Å². The Morgan fingerprint density at radius 2 is 1.88 bits per heavy atom. The number of aromatic nitrogens is 1. The van der Waals surface area contributed by atoms with Gasteiger partial charge in [0, 0.05) is 18.5 Å². The lowest BCUT2D eigenvalue weighted by atomic mass is 10.1. The second-order valence-electron chi connectivity index (χ2n) is 5.63. The first-order chi connectivity index (χ1) is 11.5. The third kappa shape index (κ3) is 2.76. The molecule has 0 saturated carbocycles. The second kappa shape index (κ2) is 6.20. The van der Waals surface area contributed by atoms with Crippen LogP contribution in [-0.2, 0) is 7.05 Å². The smallest absolute Gasteiger partial charge is 0.256 e. The molecule has 0 aliphatic heterocycles. The van der Waals surface area contributed by atoms with Crippen LogP contribution in [0.25, 0.3) is 10.9 Å². The number of hydrogen-bond donors (Lipinski definition) is 1. The van der Waals surface area contributed by atoms with Crippen molar-refractivity contribution >= 4 is 22.5 Å². The number of ether oxygens (including phenoxy) is 1. The monoisotopic (exact) mass is 322 g/mol. The van der Waals surface area contributed by atoms with E-state index < -0.39 is 0 Å². The van der Waals surface area contributed by atoms with Gasteiger partial charge < -0.3 is 14.6 Å². The molecule has 0 saturated heterocycles. The average molecular weight is 322 g/mol. The van der Waals surface area contributed by atoms with Crippen molar-refractivity contribution in [2.24, 2.45) is 7.05 Å². The number of hydrogen-bond acceptors (Lipinski definition) is 3.